The first-order chi connectivity index (χ1) is 13.1. The Bertz CT molecular complexity index is 998. The van der Waals surface area contributed by atoms with Crippen molar-refractivity contribution < 1.29 is 9.53 Å². The molecule has 1 aromatic carbocycles. The number of nitrogens with zero attached hydrogens (tertiary/aromatic N) is 2. The first-order valence-electron chi connectivity index (χ1n) is 9.67. The van der Waals surface area contributed by atoms with Crippen LogP contribution in [-0.2, 0) is 17.9 Å². The Morgan fingerprint density at radius 3 is 2.00 bits per heavy atom. The summed E-state index contributed by atoms with van der Waals surface area (Å²) in [7, 11) is 0. The lowest BCUT2D eigenvalue weighted by Crippen LogP contribution is -2.27. The van der Waals surface area contributed by atoms with E-state index >= 15 is 0 Å². The lowest BCUT2D eigenvalue weighted by molar-refractivity contribution is -0.143. The second-order valence-corrected chi connectivity index (χ2v) is 7.92. The number of hydrogen-bond acceptors (Lipinski definition) is 3. The van der Waals surface area contributed by atoms with Gasteiger partial charge in [-0.05, 0) is 84.2 Å². The molecule has 0 fully saturated rings. The van der Waals surface area contributed by atoms with Crippen LogP contribution in [0.2, 0.25) is 0 Å². The van der Waals surface area contributed by atoms with Crippen LogP contribution in [0.1, 0.15) is 58.2 Å². The summed E-state index contributed by atoms with van der Waals surface area (Å²) in [5, 5.41) is 0. The minimum Gasteiger partial charge on any atom is -0.407 e. The SMILES string of the molecule is CC#Cc1cc(C)c(-c2c(OC(=O)C(C)(C)C)n(CC)n(CC)c2=O)c(C)c1. The smallest absolute Gasteiger partial charge is 0.317 e. The summed E-state index contributed by atoms with van der Waals surface area (Å²) in [6, 6.07) is 3.93. The highest BCUT2D eigenvalue weighted by Gasteiger charge is 2.30. The fraction of sp³-hybridized carbons (Fsp3) is 0.478. The molecule has 1 aromatic heterocycles. The van der Waals surface area contributed by atoms with E-state index < -0.39 is 5.41 Å². The van der Waals surface area contributed by atoms with Gasteiger partial charge in [0.2, 0.25) is 5.88 Å². The van der Waals surface area contributed by atoms with E-state index in [2.05, 4.69) is 11.8 Å². The number of benzene rings is 1. The molecule has 28 heavy (non-hydrogen) atoms. The molecule has 0 aliphatic rings. The highest BCUT2D eigenvalue weighted by Crippen LogP contribution is 2.34. The molecule has 0 saturated heterocycles. The normalized spacial score (nSPS) is 11.1. The fourth-order valence-corrected chi connectivity index (χ4v) is 3.33. The number of aryl methyl sites for hydroxylation is 2. The van der Waals surface area contributed by atoms with Crippen LogP contribution >= 0.6 is 0 Å². The van der Waals surface area contributed by atoms with Crippen LogP contribution in [0.5, 0.6) is 5.88 Å². The maximum Gasteiger partial charge on any atom is 0.317 e. The maximum absolute atomic E-state index is 13.3. The topological polar surface area (TPSA) is 53.2 Å². The molecular weight excluding hydrogens is 352 g/mol. The Morgan fingerprint density at radius 2 is 1.57 bits per heavy atom. The summed E-state index contributed by atoms with van der Waals surface area (Å²) in [5.41, 5.74) is 3.18. The molecule has 0 spiro atoms. The van der Waals surface area contributed by atoms with Crippen LogP contribution in [0.4, 0.5) is 0 Å². The Kier molecular flexibility index (Phi) is 6.23. The van der Waals surface area contributed by atoms with Crippen LogP contribution in [0.25, 0.3) is 11.1 Å². The molecule has 5 heteroatoms. The lowest BCUT2D eigenvalue weighted by Gasteiger charge is -2.19. The van der Waals surface area contributed by atoms with Crippen molar-refractivity contribution in [3.8, 4) is 28.8 Å². The van der Waals surface area contributed by atoms with Gasteiger partial charge in [-0.2, -0.15) is 0 Å². The molecule has 0 saturated carbocycles. The van der Waals surface area contributed by atoms with Gasteiger partial charge in [0.25, 0.3) is 5.56 Å². The van der Waals surface area contributed by atoms with E-state index in [-0.39, 0.29) is 11.5 Å². The van der Waals surface area contributed by atoms with Crippen molar-refractivity contribution in [3.05, 3.63) is 39.2 Å². The molecular formula is C23H30N2O3. The molecule has 0 atom stereocenters. The molecule has 0 aliphatic carbocycles. The minimum absolute atomic E-state index is 0.151. The summed E-state index contributed by atoms with van der Waals surface area (Å²) in [6.45, 7) is 16.0. The number of hydrogen-bond donors (Lipinski definition) is 0. The summed E-state index contributed by atoms with van der Waals surface area (Å²) >= 11 is 0. The van der Waals surface area contributed by atoms with Crippen LogP contribution in [0, 0.1) is 31.1 Å². The summed E-state index contributed by atoms with van der Waals surface area (Å²) in [6.07, 6.45) is 0. The third kappa shape index (κ3) is 3.91. The molecule has 0 amide bonds. The average molecular weight is 383 g/mol. The number of carbonyl (C=O) groups excluding carboxylic acids is 1. The standard InChI is InChI=1S/C23H30N2O3/c1-9-12-17-13-15(4)18(16(5)14-17)19-20(26)24(10-2)25(11-3)21(19)28-22(27)23(6,7)8/h13-14H,10-11H2,1-8H3. The number of rotatable bonds is 4. The molecule has 150 valence electrons. The molecule has 0 N–H and O–H groups in total. The second-order valence-electron chi connectivity index (χ2n) is 7.92. The summed E-state index contributed by atoms with van der Waals surface area (Å²) in [5.74, 6) is 5.92. The van der Waals surface area contributed by atoms with Gasteiger partial charge < -0.3 is 4.74 Å². The first kappa shape index (κ1) is 21.6. The third-order valence-corrected chi connectivity index (χ3v) is 4.64. The minimum atomic E-state index is -0.676. The largest absolute Gasteiger partial charge is 0.407 e. The van der Waals surface area contributed by atoms with Crippen molar-refractivity contribution in [2.45, 2.75) is 68.5 Å². The monoisotopic (exact) mass is 382 g/mol. The summed E-state index contributed by atoms with van der Waals surface area (Å²) in [4.78, 5) is 25.9. The van der Waals surface area contributed by atoms with Crippen molar-refractivity contribution in [1.82, 2.24) is 9.36 Å². The number of esters is 1. The Balaban J connectivity index is 2.84. The van der Waals surface area contributed by atoms with E-state index in [4.69, 9.17) is 4.74 Å². The zero-order valence-electron chi connectivity index (χ0n) is 18.2. The zero-order valence-corrected chi connectivity index (χ0v) is 18.2. The van der Waals surface area contributed by atoms with Crippen molar-refractivity contribution >= 4 is 5.97 Å². The van der Waals surface area contributed by atoms with Gasteiger partial charge in [0, 0.05) is 18.7 Å². The van der Waals surface area contributed by atoms with Crippen LogP contribution in [0.15, 0.2) is 16.9 Å². The van der Waals surface area contributed by atoms with Crippen molar-refractivity contribution in [1.29, 1.82) is 0 Å². The first-order valence-corrected chi connectivity index (χ1v) is 9.67. The maximum atomic E-state index is 13.3. The Labute approximate surface area is 167 Å². The van der Waals surface area contributed by atoms with Gasteiger partial charge in [0.1, 0.15) is 5.56 Å². The Hall–Kier alpha value is -2.74. The molecule has 0 aliphatic heterocycles. The quantitative estimate of drug-likeness (QED) is 0.585. The van der Waals surface area contributed by atoms with Gasteiger partial charge in [-0.15, -0.1) is 5.92 Å². The number of aromatic nitrogens is 2. The molecule has 2 rings (SSSR count). The van der Waals surface area contributed by atoms with Crippen LogP contribution in [-0.4, -0.2) is 15.3 Å². The lowest BCUT2D eigenvalue weighted by atomic mass is 9.94. The van der Waals surface area contributed by atoms with Gasteiger partial charge in [-0.3, -0.25) is 14.3 Å². The highest BCUT2D eigenvalue weighted by molar-refractivity contribution is 5.82. The van der Waals surface area contributed by atoms with Crippen LogP contribution in [0.3, 0.4) is 0 Å². The molecule has 0 unspecified atom stereocenters. The van der Waals surface area contributed by atoms with Gasteiger partial charge in [0.15, 0.2) is 0 Å². The van der Waals surface area contributed by atoms with Crippen molar-refractivity contribution in [2.24, 2.45) is 5.41 Å². The highest BCUT2D eigenvalue weighted by atomic mass is 16.5. The molecule has 2 aromatic rings. The van der Waals surface area contributed by atoms with Gasteiger partial charge in [0.05, 0.1) is 5.41 Å². The van der Waals surface area contributed by atoms with Crippen LogP contribution < -0.4 is 10.3 Å². The molecule has 0 bridgehead atoms. The van der Waals surface area contributed by atoms with E-state index in [1.807, 2.05) is 39.8 Å². The molecule has 0 radical (unpaired) electrons. The average Bonchev–Trinajstić information content (AvgIpc) is 2.85. The number of ether oxygens (including phenoxy) is 1. The predicted molar refractivity (Wildman–Crippen MR) is 113 cm³/mol. The molecule has 1 heterocycles. The van der Waals surface area contributed by atoms with Gasteiger partial charge in [-0.25, -0.2) is 4.68 Å². The predicted octanol–water partition coefficient (Wildman–Crippen LogP) is 4.30. The van der Waals surface area contributed by atoms with Crippen molar-refractivity contribution in [3.63, 3.8) is 0 Å². The Morgan fingerprint density at radius 1 is 1.04 bits per heavy atom. The fourth-order valence-electron chi connectivity index (χ4n) is 3.33. The van der Waals surface area contributed by atoms with Gasteiger partial charge in [-0.1, -0.05) is 5.92 Å². The van der Waals surface area contributed by atoms with E-state index in [0.29, 0.717) is 24.5 Å². The summed E-state index contributed by atoms with van der Waals surface area (Å²) < 4.78 is 9.19. The molecule has 5 nitrogen and oxygen atoms in total. The zero-order chi connectivity index (χ0) is 21.2. The van der Waals surface area contributed by atoms with E-state index in [1.54, 1.807) is 37.1 Å². The van der Waals surface area contributed by atoms with E-state index in [9.17, 15) is 9.59 Å². The van der Waals surface area contributed by atoms with E-state index in [0.717, 1.165) is 22.3 Å². The van der Waals surface area contributed by atoms with Gasteiger partial charge >= 0.3 is 5.97 Å². The second kappa shape index (κ2) is 8.10. The van der Waals surface area contributed by atoms with E-state index in [1.165, 1.54) is 0 Å². The van der Waals surface area contributed by atoms with Crippen molar-refractivity contribution in [2.75, 3.05) is 0 Å². The number of carbonyl (C=O) groups is 1. The third-order valence-electron chi connectivity index (χ3n) is 4.64.